The van der Waals surface area contributed by atoms with Gasteiger partial charge < -0.3 is 102 Å². The van der Waals surface area contributed by atoms with Crippen molar-refractivity contribution in [1.82, 2.24) is 56.2 Å². The van der Waals surface area contributed by atoms with Gasteiger partial charge in [-0.25, -0.2) is 15.0 Å². The predicted molar refractivity (Wildman–Crippen MR) is 477 cm³/mol. The number of carbonyl (C=O) groups is 9. The number of aromatic nitrogens is 3. The van der Waals surface area contributed by atoms with E-state index >= 15 is 0 Å². The molecule has 3 aliphatic heterocycles. The van der Waals surface area contributed by atoms with Gasteiger partial charge in [0.2, 0.25) is 47.3 Å². The number of thiazole rings is 3. The van der Waals surface area contributed by atoms with Crippen molar-refractivity contribution in [2.75, 3.05) is 105 Å². The maximum Gasteiger partial charge on any atom is 0.305 e. The van der Waals surface area contributed by atoms with Gasteiger partial charge in [-0.15, -0.1) is 34.0 Å². The van der Waals surface area contributed by atoms with Crippen LogP contribution in [-0.2, 0) is 91.2 Å². The number of hydrogen-bond acceptors (Lipinski definition) is 26. The first-order valence-corrected chi connectivity index (χ1v) is 45.0. The third-order valence-electron chi connectivity index (χ3n) is 20.4. The Kier molecular flexibility index (Phi) is 44.0. The van der Waals surface area contributed by atoms with Gasteiger partial charge in [0, 0.05) is 91.1 Å². The van der Waals surface area contributed by atoms with Gasteiger partial charge in [-0.1, -0.05) is 149 Å². The number of hydrogen-bond donors (Lipinski definition) is 11. The molecule has 3 aromatic carbocycles. The van der Waals surface area contributed by atoms with E-state index in [0.29, 0.717) is 72.5 Å². The van der Waals surface area contributed by atoms with Gasteiger partial charge in [0.25, 0.3) is 0 Å². The molecule has 9 atom stereocenters. The first kappa shape index (κ1) is 104. The average molecular weight is 1790 g/mol. The van der Waals surface area contributed by atoms with Crippen molar-refractivity contribution >= 4 is 87.2 Å². The van der Waals surface area contributed by atoms with Crippen molar-refractivity contribution in [3.05, 3.63) is 123 Å². The molecule has 0 saturated carbocycles. The Morgan fingerprint density at radius 2 is 0.710 bits per heavy atom. The van der Waals surface area contributed by atoms with E-state index in [1.54, 1.807) is 34.0 Å². The number of aliphatic hydroxyl groups is 3. The number of nitrogens with zero attached hydrogens (tertiary/aromatic N) is 6. The van der Waals surface area contributed by atoms with Crippen LogP contribution in [0.3, 0.4) is 0 Å². The molecule has 3 aliphatic rings. The maximum atomic E-state index is 13.7. The fourth-order valence-corrected chi connectivity index (χ4v) is 15.8. The lowest BCUT2D eigenvalue weighted by atomic mass is 9.85. The van der Waals surface area contributed by atoms with E-state index in [2.05, 4.69) is 41.5 Å². The number of aliphatic carboxylic acids is 1. The van der Waals surface area contributed by atoms with E-state index in [1.807, 2.05) is 186 Å². The summed E-state index contributed by atoms with van der Waals surface area (Å²) in [5, 5.41) is 53.5. The highest BCUT2D eigenvalue weighted by Crippen LogP contribution is 2.33. The lowest BCUT2D eigenvalue weighted by Crippen LogP contribution is -2.57. The molecule has 124 heavy (non-hydrogen) atoms. The molecule has 35 heteroatoms. The quantitative estimate of drug-likeness (QED) is 0.0164. The predicted octanol–water partition coefficient (Wildman–Crippen LogP) is 7.64. The molecule has 6 aromatic rings. The Bertz CT molecular complexity index is 4100. The number of likely N-dealkylation sites (tertiary alicyclic amines) is 3. The number of amides is 8. The molecule has 9 rings (SSSR count). The highest BCUT2D eigenvalue weighted by atomic mass is 32.1. The zero-order chi connectivity index (χ0) is 91.3. The van der Waals surface area contributed by atoms with Crippen molar-refractivity contribution in [2.24, 2.45) is 27.7 Å². The molecule has 686 valence electrons. The monoisotopic (exact) mass is 1780 g/mol. The van der Waals surface area contributed by atoms with E-state index in [1.165, 1.54) is 14.7 Å². The van der Waals surface area contributed by atoms with Crippen LogP contribution in [-0.4, -0.2) is 263 Å². The summed E-state index contributed by atoms with van der Waals surface area (Å²) in [5.74, 6) is -3.53. The first-order chi connectivity index (χ1) is 58.9. The normalized spacial score (nSPS) is 17.7. The number of aryl methyl sites for hydroxylation is 3. The number of nitrogens with one attached hydrogen (secondary N) is 5. The molecule has 0 radical (unpaired) electrons. The van der Waals surface area contributed by atoms with Crippen LogP contribution in [0.4, 0.5) is 0 Å². The molecule has 13 N–H and O–H groups in total. The summed E-state index contributed by atoms with van der Waals surface area (Å²) in [4.78, 5) is 135. The van der Waals surface area contributed by atoms with Crippen molar-refractivity contribution in [3.63, 3.8) is 0 Å². The fraction of sp³-hybridized carbons (Fsp3) is 0.596. The molecular formula is C89H133N13O19S3. The second-order valence-electron chi connectivity index (χ2n) is 33.9. The van der Waals surface area contributed by atoms with Gasteiger partial charge in [0.05, 0.1) is 145 Å². The lowest BCUT2D eigenvalue weighted by molar-refractivity contribution is -0.144. The van der Waals surface area contributed by atoms with Crippen molar-refractivity contribution in [3.8, 4) is 31.3 Å². The molecule has 3 fully saturated rings. The summed E-state index contributed by atoms with van der Waals surface area (Å²) in [6.45, 7) is 33.4. The minimum absolute atomic E-state index is 0.0220. The molecule has 8 amide bonds. The van der Waals surface area contributed by atoms with Crippen LogP contribution in [0.25, 0.3) is 31.3 Å². The number of rotatable bonds is 41. The summed E-state index contributed by atoms with van der Waals surface area (Å²) < 4.78 is 31.6. The SMILES string of the molecule is CCCOCCOCCC(=O)N[C@H](C(=O)N1C[C@H](O)C[C@H]1C(=O)NCc1ccc(-c2scnc2C)cc1)C(C)(C)C.CCCOCCOCCC(=O)O.Cc1ncsc1-c1ccc(CNC(=O)[C@@H]2C[C@@H](O)CN2C(=O)[C@@H](N)C(C)(C)C)cc1.Cc1ncsc1-c1ccc(CNC(=O)[C@@H]2C[C@@H](O)CN2C(=O)[C@@H](NC(=O)CCOCCOCCN)C(C)(C)C)cc1. The van der Waals surface area contributed by atoms with E-state index in [9.17, 15) is 58.5 Å². The Hall–Kier alpha value is -8.66. The van der Waals surface area contributed by atoms with Gasteiger partial charge in [-0.05, 0) is 83.2 Å². The molecule has 0 aliphatic carbocycles. The molecular weight excluding hydrogens is 1650 g/mol. The summed E-state index contributed by atoms with van der Waals surface area (Å²) in [6, 6.07) is 18.9. The molecule has 3 saturated heterocycles. The van der Waals surface area contributed by atoms with E-state index in [0.717, 1.165) is 84.5 Å². The summed E-state index contributed by atoms with van der Waals surface area (Å²) in [7, 11) is 0. The Balaban J connectivity index is 0.000000272. The highest BCUT2D eigenvalue weighted by Gasteiger charge is 2.47. The number of nitrogens with two attached hydrogens (primary N) is 2. The smallest absolute Gasteiger partial charge is 0.305 e. The number of carbonyl (C=O) groups excluding carboxylic acids is 8. The number of carboxylic acids is 1. The lowest BCUT2D eigenvalue weighted by Gasteiger charge is -2.35. The Labute approximate surface area is 741 Å². The molecule has 0 unspecified atom stereocenters. The van der Waals surface area contributed by atoms with Gasteiger partial charge >= 0.3 is 5.97 Å². The van der Waals surface area contributed by atoms with E-state index in [4.69, 9.17) is 45.0 Å². The van der Waals surface area contributed by atoms with Gasteiger partial charge in [-0.3, -0.25) is 43.2 Å². The number of ether oxygens (including phenoxy) is 6. The minimum atomic E-state index is -0.883. The zero-order valence-corrected chi connectivity index (χ0v) is 76.9. The van der Waals surface area contributed by atoms with Gasteiger partial charge in [0.1, 0.15) is 30.2 Å². The summed E-state index contributed by atoms with van der Waals surface area (Å²) >= 11 is 4.76. The van der Waals surface area contributed by atoms with Crippen LogP contribution in [0, 0.1) is 37.0 Å². The fourth-order valence-electron chi connectivity index (χ4n) is 13.4. The van der Waals surface area contributed by atoms with Gasteiger partial charge in [-0.2, -0.15) is 0 Å². The summed E-state index contributed by atoms with van der Waals surface area (Å²) in [5.41, 5.74) is 24.2. The molecule has 0 bridgehead atoms. The number of aliphatic hydroxyl groups excluding tert-OH is 3. The third kappa shape index (κ3) is 34.6. The number of carboxylic acid groups (broad SMARTS) is 1. The van der Waals surface area contributed by atoms with Crippen LogP contribution >= 0.6 is 34.0 Å². The van der Waals surface area contributed by atoms with Crippen LogP contribution in [0.1, 0.15) is 161 Å². The van der Waals surface area contributed by atoms with E-state index < -0.39 is 82.7 Å². The second-order valence-corrected chi connectivity index (χ2v) is 36.5. The number of β-amino-alcohol motifs (C(OH)–C–C–N with tert-alkyl or cyclic N) is 3. The van der Waals surface area contributed by atoms with Crippen molar-refractivity contribution in [2.45, 2.75) is 222 Å². The molecule has 0 spiro atoms. The first-order valence-electron chi connectivity index (χ1n) is 42.4. The Morgan fingerprint density at radius 3 is 0.968 bits per heavy atom. The van der Waals surface area contributed by atoms with E-state index in [-0.39, 0.29) is 126 Å². The van der Waals surface area contributed by atoms with Crippen molar-refractivity contribution in [1.29, 1.82) is 0 Å². The topological polar surface area (TPSA) is 451 Å². The molecule has 3 aromatic heterocycles. The second kappa shape index (κ2) is 52.5. The highest BCUT2D eigenvalue weighted by molar-refractivity contribution is 7.14. The summed E-state index contributed by atoms with van der Waals surface area (Å²) in [6.07, 6.45) is 0.278. The maximum absolute atomic E-state index is 13.7. The van der Waals surface area contributed by atoms with Gasteiger partial charge in [0.15, 0.2) is 0 Å². The van der Waals surface area contributed by atoms with Crippen LogP contribution in [0.5, 0.6) is 0 Å². The Morgan fingerprint density at radius 1 is 0.427 bits per heavy atom. The molecule has 32 nitrogen and oxygen atoms in total. The van der Waals surface area contributed by atoms with Crippen molar-refractivity contribution < 1.29 is 92.0 Å². The zero-order valence-electron chi connectivity index (χ0n) is 74.4. The minimum Gasteiger partial charge on any atom is -0.481 e. The van der Waals surface area contributed by atoms with Crippen LogP contribution in [0.2, 0.25) is 0 Å². The standard InChI is InChI=1S/C30H44N4O6S.C29H43N5O6S.C22H30N4O3S.C8H16O4/c1-6-12-39-14-15-40-13-11-25(36)33-27(30(3,4)5)29(38)34-18-23(35)16-24(34)28(37)31-17-21-7-9-22(10-8-21)26-20(2)32-19-41-26;1-19-25(41-18-32-19)21-7-5-20(6-8-21)16-31-27(37)23-15-22(35)17-34(23)28(38)26(29(2,3)4)33-24(36)9-11-39-13-14-40-12-10-30;1-13-18(30-12-25-13)15-7-5-14(6-8-15)10-24-20(28)17-9-16(27)11-26(17)21(29)19(23)22(2,3)4;1-2-4-11-6-7-12-5-3-8(9)10/h7-10,19,23-24,27,35H,6,11-18H2,1-5H3,(H,31,37)(H,33,36);5-8,18,22-23,26,35H,9-17,30H2,1-4H3,(H,31,37)(H,33,36);5-8,12,16-17,19,27H,9-11,23H2,1-4H3,(H,24,28);2-7H2,1H3,(H,9,10)/t23-,24+,27-;22-,23+,26-;16-,17+,19-;/m111./s1. The van der Waals surface area contributed by atoms with Crippen LogP contribution in [0.15, 0.2) is 89.3 Å². The van der Waals surface area contributed by atoms with Crippen LogP contribution < -0.4 is 38.1 Å². The third-order valence-corrected chi connectivity index (χ3v) is 23.3. The largest absolute Gasteiger partial charge is 0.481 e. The molecule has 6 heterocycles. The average Bonchev–Trinajstić information content (AvgIpc) is 1.65. The number of benzene rings is 3.